The summed E-state index contributed by atoms with van der Waals surface area (Å²) in [7, 11) is 0. The molecule has 7 heteroatoms. The van der Waals surface area contributed by atoms with Crippen LogP contribution in [0.1, 0.15) is 23.6 Å². The lowest BCUT2D eigenvalue weighted by Gasteiger charge is -2.24. The standard InChI is InChI=1S/C16H13F3N2OS/c1-15(22,10-23-14-7-11(9-20)5-6-21-14)12-3-2-4-13(8-12)16(17,18)19/h2-8,22H,10H2,1H3. The first-order valence-electron chi connectivity index (χ1n) is 6.61. The number of halogens is 3. The minimum atomic E-state index is -4.46. The Kier molecular flexibility index (Phi) is 4.97. The fourth-order valence-corrected chi connectivity index (χ4v) is 2.83. The second-order valence-corrected chi connectivity index (χ2v) is 6.13. The maximum absolute atomic E-state index is 12.8. The van der Waals surface area contributed by atoms with Crippen LogP contribution in [0.15, 0.2) is 47.6 Å². The van der Waals surface area contributed by atoms with Crippen molar-refractivity contribution in [3.63, 3.8) is 0 Å². The molecule has 23 heavy (non-hydrogen) atoms. The van der Waals surface area contributed by atoms with E-state index in [2.05, 4.69) is 4.98 Å². The molecular weight excluding hydrogens is 325 g/mol. The predicted octanol–water partition coefficient (Wildman–Crippen LogP) is 3.97. The highest BCUT2D eigenvalue weighted by atomic mass is 32.2. The molecule has 0 bridgehead atoms. The number of benzene rings is 1. The molecule has 1 aromatic carbocycles. The molecule has 3 nitrogen and oxygen atoms in total. The van der Waals surface area contributed by atoms with E-state index >= 15 is 0 Å². The molecule has 0 spiro atoms. The topological polar surface area (TPSA) is 56.9 Å². The Labute approximate surface area is 135 Å². The van der Waals surface area contributed by atoms with Crippen molar-refractivity contribution in [3.8, 4) is 6.07 Å². The number of rotatable bonds is 4. The summed E-state index contributed by atoms with van der Waals surface area (Å²) < 4.78 is 38.3. The number of nitriles is 1. The Bertz CT molecular complexity index is 739. The Balaban J connectivity index is 2.17. The lowest BCUT2D eigenvalue weighted by Crippen LogP contribution is -2.25. The number of aliphatic hydroxyl groups is 1. The minimum Gasteiger partial charge on any atom is -0.385 e. The highest BCUT2D eigenvalue weighted by molar-refractivity contribution is 7.99. The van der Waals surface area contributed by atoms with Crippen LogP contribution < -0.4 is 0 Å². The number of aromatic nitrogens is 1. The molecule has 0 saturated heterocycles. The van der Waals surface area contributed by atoms with E-state index < -0.39 is 17.3 Å². The molecule has 0 amide bonds. The van der Waals surface area contributed by atoms with Crippen LogP contribution in [0.3, 0.4) is 0 Å². The molecule has 2 aromatic rings. The first-order chi connectivity index (χ1) is 10.7. The van der Waals surface area contributed by atoms with Crippen LogP contribution >= 0.6 is 11.8 Å². The van der Waals surface area contributed by atoms with E-state index in [-0.39, 0.29) is 11.3 Å². The zero-order valence-electron chi connectivity index (χ0n) is 12.1. The van der Waals surface area contributed by atoms with Gasteiger partial charge in [0.15, 0.2) is 0 Å². The molecule has 0 aliphatic carbocycles. The average Bonchev–Trinajstić information content (AvgIpc) is 2.52. The molecule has 0 aliphatic heterocycles. The lowest BCUT2D eigenvalue weighted by atomic mass is 9.96. The molecule has 1 heterocycles. The quantitative estimate of drug-likeness (QED) is 0.857. The maximum atomic E-state index is 12.8. The fraction of sp³-hybridized carbons (Fsp3) is 0.250. The number of thioether (sulfide) groups is 1. The molecule has 0 radical (unpaired) electrons. The van der Waals surface area contributed by atoms with Crippen LogP contribution in [-0.2, 0) is 11.8 Å². The van der Waals surface area contributed by atoms with Gasteiger partial charge in [-0.05, 0) is 36.8 Å². The third kappa shape index (κ3) is 4.47. The summed E-state index contributed by atoms with van der Waals surface area (Å²) in [4.78, 5) is 4.06. The van der Waals surface area contributed by atoms with E-state index in [1.165, 1.54) is 37.0 Å². The van der Waals surface area contributed by atoms with Crippen molar-refractivity contribution in [2.24, 2.45) is 0 Å². The van der Waals surface area contributed by atoms with E-state index in [4.69, 9.17) is 5.26 Å². The van der Waals surface area contributed by atoms with Gasteiger partial charge in [-0.25, -0.2) is 4.98 Å². The summed E-state index contributed by atoms with van der Waals surface area (Å²) in [5, 5.41) is 19.8. The van der Waals surface area contributed by atoms with E-state index in [1.54, 1.807) is 12.1 Å². The van der Waals surface area contributed by atoms with E-state index in [1.807, 2.05) is 6.07 Å². The molecule has 0 saturated carbocycles. The van der Waals surface area contributed by atoms with Gasteiger partial charge < -0.3 is 5.11 Å². The van der Waals surface area contributed by atoms with Gasteiger partial charge in [0.25, 0.3) is 0 Å². The Morgan fingerprint density at radius 3 is 2.57 bits per heavy atom. The Hall–Kier alpha value is -2.04. The van der Waals surface area contributed by atoms with E-state index in [0.717, 1.165) is 12.1 Å². The van der Waals surface area contributed by atoms with E-state index in [9.17, 15) is 18.3 Å². The lowest BCUT2D eigenvalue weighted by molar-refractivity contribution is -0.137. The van der Waals surface area contributed by atoms with Gasteiger partial charge in [0.2, 0.25) is 0 Å². The van der Waals surface area contributed by atoms with Crippen molar-refractivity contribution in [3.05, 3.63) is 59.3 Å². The molecule has 0 aliphatic rings. The zero-order valence-corrected chi connectivity index (χ0v) is 12.9. The van der Waals surface area contributed by atoms with Crippen LogP contribution in [0.4, 0.5) is 13.2 Å². The zero-order chi connectivity index (χ0) is 17.1. The average molecular weight is 338 g/mol. The number of nitrogens with zero attached hydrogens (tertiary/aromatic N) is 2. The fourth-order valence-electron chi connectivity index (χ4n) is 1.89. The number of alkyl halides is 3. The molecule has 1 unspecified atom stereocenters. The largest absolute Gasteiger partial charge is 0.416 e. The highest BCUT2D eigenvalue weighted by Gasteiger charge is 2.32. The predicted molar refractivity (Wildman–Crippen MR) is 80.7 cm³/mol. The van der Waals surface area contributed by atoms with E-state index in [0.29, 0.717) is 10.6 Å². The summed E-state index contributed by atoms with van der Waals surface area (Å²) in [6.45, 7) is 1.45. The maximum Gasteiger partial charge on any atom is 0.416 e. The minimum absolute atomic E-state index is 0.107. The van der Waals surface area contributed by atoms with Gasteiger partial charge in [0, 0.05) is 11.9 Å². The highest BCUT2D eigenvalue weighted by Crippen LogP contribution is 2.34. The molecule has 1 N–H and O–H groups in total. The van der Waals surface area contributed by atoms with Gasteiger partial charge in [-0.15, -0.1) is 11.8 Å². The van der Waals surface area contributed by atoms with Gasteiger partial charge in [-0.3, -0.25) is 0 Å². The molecule has 120 valence electrons. The normalized spacial score (nSPS) is 14.1. The first-order valence-corrected chi connectivity index (χ1v) is 7.60. The van der Waals surface area contributed by atoms with Gasteiger partial charge in [0.05, 0.1) is 27.8 Å². The summed E-state index contributed by atoms with van der Waals surface area (Å²) in [6.07, 6.45) is -2.98. The summed E-state index contributed by atoms with van der Waals surface area (Å²) in [6, 6.07) is 9.72. The van der Waals surface area contributed by atoms with Crippen molar-refractivity contribution in [1.29, 1.82) is 5.26 Å². The summed E-state index contributed by atoms with van der Waals surface area (Å²) in [5.41, 5.74) is -1.65. The summed E-state index contributed by atoms with van der Waals surface area (Å²) >= 11 is 1.17. The monoisotopic (exact) mass is 338 g/mol. The van der Waals surface area contributed by atoms with Crippen molar-refractivity contribution >= 4 is 11.8 Å². The molecular formula is C16H13F3N2OS. The molecule has 1 aromatic heterocycles. The van der Waals surface area contributed by atoms with Gasteiger partial charge >= 0.3 is 6.18 Å². The molecule has 0 fully saturated rings. The van der Waals surface area contributed by atoms with Crippen LogP contribution in [0, 0.1) is 11.3 Å². The van der Waals surface area contributed by atoms with Crippen molar-refractivity contribution in [2.75, 3.05) is 5.75 Å². The third-order valence-electron chi connectivity index (χ3n) is 3.18. The van der Waals surface area contributed by atoms with Crippen LogP contribution in [0.5, 0.6) is 0 Å². The van der Waals surface area contributed by atoms with Gasteiger partial charge in [-0.2, -0.15) is 18.4 Å². The van der Waals surface area contributed by atoms with Crippen LogP contribution in [-0.4, -0.2) is 15.8 Å². The van der Waals surface area contributed by atoms with Gasteiger partial charge in [-0.1, -0.05) is 12.1 Å². The molecule has 2 rings (SSSR count). The smallest absolute Gasteiger partial charge is 0.385 e. The van der Waals surface area contributed by atoms with Crippen molar-refractivity contribution in [2.45, 2.75) is 23.7 Å². The SMILES string of the molecule is CC(O)(CSc1cc(C#N)ccn1)c1cccc(C(F)(F)F)c1. The van der Waals surface area contributed by atoms with Crippen molar-refractivity contribution < 1.29 is 18.3 Å². The summed E-state index contributed by atoms with van der Waals surface area (Å²) in [5.74, 6) is 0.107. The number of hydrogen-bond donors (Lipinski definition) is 1. The van der Waals surface area contributed by atoms with Crippen LogP contribution in [0.2, 0.25) is 0 Å². The first kappa shape index (κ1) is 17.3. The second kappa shape index (κ2) is 6.60. The number of pyridine rings is 1. The number of hydrogen-bond acceptors (Lipinski definition) is 4. The molecule has 1 atom stereocenters. The Morgan fingerprint density at radius 1 is 1.22 bits per heavy atom. The third-order valence-corrected chi connectivity index (χ3v) is 4.40. The Morgan fingerprint density at radius 2 is 1.91 bits per heavy atom. The van der Waals surface area contributed by atoms with Gasteiger partial charge in [0.1, 0.15) is 0 Å². The van der Waals surface area contributed by atoms with Crippen LogP contribution in [0.25, 0.3) is 0 Å². The van der Waals surface area contributed by atoms with Crippen molar-refractivity contribution in [1.82, 2.24) is 4.98 Å². The second-order valence-electron chi connectivity index (χ2n) is 5.14.